The molecule has 0 aromatic carbocycles. The lowest BCUT2D eigenvalue weighted by molar-refractivity contribution is -0.135. The third kappa shape index (κ3) is 7.25. The minimum absolute atomic E-state index is 0.258. The summed E-state index contributed by atoms with van der Waals surface area (Å²) >= 11 is 0. The summed E-state index contributed by atoms with van der Waals surface area (Å²) in [5.41, 5.74) is 0. The first-order valence-electron chi connectivity index (χ1n) is 8.08. The van der Waals surface area contributed by atoms with Crippen molar-refractivity contribution in [2.45, 2.75) is 53.0 Å². The zero-order valence-electron chi connectivity index (χ0n) is 13.7. The van der Waals surface area contributed by atoms with Crippen LogP contribution in [0.5, 0.6) is 0 Å². The van der Waals surface area contributed by atoms with E-state index in [1.54, 1.807) is 0 Å². The van der Waals surface area contributed by atoms with Crippen LogP contribution < -0.4 is 5.32 Å². The number of carbonyl (C=O) groups is 1. The molecule has 1 amide bonds. The molecule has 4 nitrogen and oxygen atoms in total. The second kappa shape index (κ2) is 9.35. The van der Waals surface area contributed by atoms with Gasteiger partial charge in [-0.2, -0.15) is 0 Å². The fraction of sp³-hybridized carbons (Fsp3) is 0.938. The maximum atomic E-state index is 12.1. The Labute approximate surface area is 124 Å². The van der Waals surface area contributed by atoms with Crippen LogP contribution in [0.25, 0.3) is 0 Å². The normalized spacial score (nSPS) is 16.4. The van der Waals surface area contributed by atoms with Gasteiger partial charge >= 0.3 is 0 Å². The number of nitrogens with one attached hydrogen (secondary N) is 1. The molecule has 118 valence electrons. The van der Waals surface area contributed by atoms with Gasteiger partial charge in [-0.05, 0) is 24.7 Å². The summed E-state index contributed by atoms with van der Waals surface area (Å²) < 4.78 is 5.27. The highest BCUT2D eigenvalue weighted by Gasteiger charge is 2.17. The number of amides is 1. The van der Waals surface area contributed by atoms with Crippen molar-refractivity contribution in [3.8, 4) is 0 Å². The van der Waals surface area contributed by atoms with Gasteiger partial charge in [0, 0.05) is 32.1 Å². The maximum Gasteiger partial charge on any atom is 0.224 e. The van der Waals surface area contributed by atoms with Gasteiger partial charge < -0.3 is 15.0 Å². The van der Waals surface area contributed by atoms with Crippen LogP contribution >= 0.6 is 0 Å². The molecular formula is C16H32N2O2. The molecule has 0 aliphatic carbocycles. The number of nitrogens with zero attached hydrogens (tertiary/aromatic N) is 1. The van der Waals surface area contributed by atoms with E-state index in [0.717, 1.165) is 19.6 Å². The van der Waals surface area contributed by atoms with Crippen LogP contribution in [0.2, 0.25) is 0 Å². The topological polar surface area (TPSA) is 41.6 Å². The van der Waals surface area contributed by atoms with E-state index >= 15 is 0 Å². The lowest BCUT2D eigenvalue weighted by atomic mass is 9.95. The van der Waals surface area contributed by atoms with Crippen LogP contribution in [0.15, 0.2) is 0 Å². The Balaban J connectivity index is 2.25. The first-order valence-corrected chi connectivity index (χ1v) is 8.08. The molecule has 20 heavy (non-hydrogen) atoms. The van der Waals surface area contributed by atoms with Crippen molar-refractivity contribution in [1.29, 1.82) is 0 Å². The summed E-state index contributed by atoms with van der Waals surface area (Å²) in [6, 6.07) is 0.535. The molecule has 1 aliphatic rings. The first kappa shape index (κ1) is 17.4. The van der Waals surface area contributed by atoms with Gasteiger partial charge in [-0.25, -0.2) is 0 Å². The molecule has 0 radical (unpaired) electrons. The van der Waals surface area contributed by atoms with Gasteiger partial charge in [0.25, 0.3) is 0 Å². The molecule has 0 unspecified atom stereocenters. The minimum atomic E-state index is 0.258. The molecule has 1 heterocycles. The van der Waals surface area contributed by atoms with Crippen molar-refractivity contribution in [2.24, 2.45) is 11.8 Å². The SMILES string of the molecule is CC(C)CC(CC(C)C)NCCC(=O)N1CCOCC1. The average molecular weight is 284 g/mol. The van der Waals surface area contributed by atoms with Gasteiger partial charge in [0.05, 0.1) is 13.2 Å². The standard InChI is InChI=1S/C16H32N2O2/c1-13(2)11-15(12-14(3)4)17-6-5-16(19)18-7-9-20-10-8-18/h13-15,17H,5-12H2,1-4H3. The van der Waals surface area contributed by atoms with Gasteiger partial charge in [-0.1, -0.05) is 27.7 Å². The van der Waals surface area contributed by atoms with E-state index in [9.17, 15) is 4.79 Å². The molecule has 1 saturated heterocycles. The molecular weight excluding hydrogens is 252 g/mol. The van der Waals surface area contributed by atoms with Crippen molar-refractivity contribution in [1.82, 2.24) is 10.2 Å². The Morgan fingerprint density at radius 3 is 2.15 bits per heavy atom. The molecule has 0 aromatic rings. The van der Waals surface area contributed by atoms with Gasteiger partial charge in [-0.3, -0.25) is 4.79 Å². The lowest BCUT2D eigenvalue weighted by Crippen LogP contribution is -2.42. The Morgan fingerprint density at radius 2 is 1.65 bits per heavy atom. The predicted octanol–water partition coefficient (Wildman–Crippen LogP) is 2.29. The van der Waals surface area contributed by atoms with E-state index in [1.807, 2.05) is 4.90 Å². The number of morpholine rings is 1. The second-order valence-electron chi connectivity index (χ2n) is 6.65. The van der Waals surface area contributed by atoms with Crippen LogP contribution in [0, 0.1) is 11.8 Å². The summed E-state index contributed by atoms with van der Waals surface area (Å²) in [5.74, 6) is 1.65. The van der Waals surface area contributed by atoms with Crippen molar-refractivity contribution in [2.75, 3.05) is 32.8 Å². The van der Waals surface area contributed by atoms with Gasteiger partial charge in [0.1, 0.15) is 0 Å². The van der Waals surface area contributed by atoms with Crippen molar-refractivity contribution in [3.63, 3.8) is 0 Å². The Kier molecular flexibility index (Phi) is 8.15. The van der Waals surface area contributed by atoms with Gasteiger partial charge in [0.2, 0.25) is 5.91 Å². The molecule has 0 bridgehead atoms. The number of carbonyl (C=O) groups excluding carboxylic acids is 1. The molecule has 1 aliphatic heterocycles. The fourth-order valence-electron chi connectivity index (χ4n) is 2.76. The monoisotopic (exact) mass is 284 g/mol. The molecule has 1 N–H and O–H groups in total. The minimum Gasteiger partial charge on any atom is -0.378 e. The maximum absolute atomic E-state index is 12.1. The van der Waals surface area contributed by atoms with Gasteiger partial charge in [0.15, 0.2) is 0 Å². The van der Waals surface area contributed by atoms with E-state index < -0.39 is 0 Å². The van der Waals surface area contributed by atoms with Crippen molar-refractivity contribution < 1.29 is 9.53 Å². The van der Waals surface area contributed by atoms with Crippen LogP contribution in [0.4, 0.5) is 0 Å². The molecule has 0 atom stereocenters. The lowest BCUT2D eigenvalue weighted by Gasteiger charge is -2.27. The first-order chi connectivity index (χ1) is 9.49. The average Bonchev–Trinajstić information content (AvgIpc) is 2.38. The summed E-state index contributed by atoms with van der Waals surface area (Å²) in [7, 11) is 0. The highest BCUT2D eigenvalue weighted by atomic mass is 16.5. The summed E-state index contributed by atoms with van der Waals surface area (Å²) in [6.07, 6.45) is 2.97. The van der Waals surface area contributed by atoms with Crippen LogP contribution in [0.3, 0.4) is 0 Å². The zero-order valence-corrected chi connectivity index (χ0v) is 13.7. The van der Waals surface area contributed by atoms with E-state index in [-0.39, 0.29) is 5.91 Å². The number of hydrogen-bond acceptors (Lipinski definition) is 3. The molecule has 1 rings (SSSR count). The Hall–Kier alpha value is -0.610. The van der Waals surface area contributed by atoms with E-state index in [0.29, 0.717) is 37.5 Å². The zero-order chi connectivity index (χ0) is 15.0. The predicted molar refractivity (Wildman–Crippen MR) is 82.7 cm³/mol. The third-order valence-corrected chi connectivity index (χ3v) is 3.65. The van der Waals surface area contributed by atoms with E-state index in [2.05, 4.69) is 33.0 Å². The van der Waals surface area contributed by atoms with E-state index in [1.165, 1.54) is 12.8 Å². The smallest absolute Gasteiger partial charge is 0.224 e. The largest absolute Gasteiger partial charge is 0.378 e. The number of hydrogen-bond donors (Lipinski definition) is 1. The summed E-state index contributed by atoms with van der Waals surface area (Å²) in [4.78, 5) is 14.0. The highest BCUT2D eigenvalue weighted by molar-refractivity contribution is 5.76. The molecule has 0 saturated carbocycles. The van der Waals surface area contributed by atoms with Crippen molar-refractivity contribution in [3.05, 3.63) is 0 Å². The second-order valence-corrected chi connectivity index (χ2v) is 6.65. The molecule has 0 spiro atoms. The van der Waals surface area contributed by atoms with Crippen LogP contribution in [0.1, 0.15) is 47.0 Å². The van der Waals surface area contributed by atoms with Gasteiger partial charge in [-0.15, -0.1) is 0 Å². The van der Waals surface area contributed by atoms with Crippen molar-refractivity contribution >= 4 is 5.91 Å². The van der Waals surface area contributed by atoms with E-state index in [4.69, 9.17) is 4.74 Å². The molecule has 0 aromatic heterocycles. The highest BCUT2D eigenvalue weighted by Crippen LogP contribution is 2.13. The molecule has 1 fully saturated rings. The Morgan fingerprint density at radius 1 is 1.10 bits per heavy atom. The number of rotatable bonds is 8. The summed E-state index contributed by atoms with van der Waals surface area (Å²) in [6.45, 7) is 12.7. The summed E-state index contributed by atoms with van der Waals surface area (Å²) in [5, 5.41) is 3.57. The third-order valence-electron chi connectivity index (χ3n) is 3.65. The van der Waals surface area contributed by atoms with Crippen LogP contribution in [-0.2, 0) is 9.53 Å². The molecule has 4 heteroatoms. The fourth-order valence-corrected chi connectivity index (χ4v) is 2.76. The Bertz CT molecular complexity index is 264. The van der Waals surface area contributed by atoms with Crippen LogP contribution in [-0.4, -0.2) is 49.7 Å². The quantitative estimate of drug-likeness (QED) is 0.743. The number of ether oxygens (including phenoxy) is 1.